The molecule has 1 fully saturated rings. The molecule has 15 heavy (non-hydrogen) atoms. The van der Waals surface area contributed by atoms with Crippen molar-refractivity contribution in [2.45, 2.75) is 64.6 Å². The second-order valence-electron chi connectivity index (χ2n) is 5.14. The summed E-state index contributed by atoms with van der Waals surface area (Å²) in [5.74, 6) is -0.302. The van der Waals surface area contributed by atoms with Crippen molar-refractivity contribution in [2.75, 3.05) is 0 Å². The molecular weight excluding hydrogens is 192 g/mol. The lowest BCUT2D eigenvalue weighted by atomic mass is 9.91. The molecule has 1 rings (SSSR count). The van der Waals surface area contributed by atoms with E-state index in [1.165, 1.54) is 6.42 Å². The van der Waals surface area contributed by atoms with Gasteiger partial charge in [0, 0.05) is 0 Å². The number of hydrogen-bond donors (Lipinski definition) is 1. The maximum absolute atomic E-state index is 11.2. The summed E-state index contributed by atoms with van der Waals surface area (Å²) in [4.78, 5) is 11.2. The van der Waals surface area contributed by atoms with Gasteiger partial charge in [-0.3, -0.25) is 0 Å². The Morgan fingerprint density at radius 3 is 2.47 bits per heavy atom. The fourth-order valence-corrected chi connectivity index (χ4v) is 1.64. The van der Waals surface area contributed by atoms with E-state index >= 15 is 0 Å². The lowest BCUT2D eigenvalue weighted by molar-refractivity contribution is -0.178. The van der Waals surface area contributed by atoms with Crippen molar-refractivity contribution in [2.24, 2.45) is 5.92 Å². The molecule has 1 N–H and O–H groups in total. The first kappa shape index (κ1) is 12.5. The van der Waals surface area contributed by atoms with E-state index in [1.807, 2.05) is 0 Å². The Kier molecular flexibility index (Phi) is 4.14. The summed E-state index contributed by atoms with van der Waals surface area (Å²) in [5, 5.41) is 9.19. The van der Waals surface area contributed by atoms with E-state index in [0.717, 1.165) is 19.3 Å². The van der Waals surface area contributed by atoms with Gasteiger partial charge in [0.05, 0.1) is 6.10 Å². The van der Waals surface area contributed by atoms with Gasteiger partial charge in [-0.2, -0.15) is 0 Å². The minimum absolute atomic E-state index is 0.179. The molecule has 0 bridgehead atoms. The summed E-state index contributed by atoms with van der Waals surface area (Å²) in [6.45, 7) is 5.91. The number of aliphatic carboxylic acids is 1. The topological polar surface area (TPSA) is 46.5 Å². The predicted molar refractivity (Wildman–Crippen MR) is 58.8 cm³/mol. The fourth-order valence-electron chi connectivity index (χ4n) is 1.64. The third kappa shape index (κ3) is 3.49. The first-order valence-corrected chi connectivity index (χ1v) is 5.85. The minimum Gasteiger partial charge on any atom is -0.479 e. The van der Waals surface area contributed by atoms with E-state index < -0.39 is 11.6 Å². The summed E-state index contributed by atoms with van der Waals surface area (Å²) in [6.07, 6.45) is 4.89. The van der Waals surface area contributed by atoms with Gasteiger partial charge >= 0.3 is 5.97 Å². The molecule has 1 aliphatic carbocycles. The Morgan fingerprint density at radius 1 is 1.53 bits per heavy atom. The Hall–Kier alpha value is -0.570. The van der Waals surface area contributed by atoms with Crippen LogP contribution in [0.5, 0.6) is 0 Å². The smallest absolute Gasteiger partial charge is 0.335 e. The van der Waals surface area contributed by atoms with Crippen LogP contribution in [-0.2, 0) is 9.53 Å². The lowest BCUT2D eigenvalue weighted by Crippen LogP contribution is -2.43. The van der Waals surface area contributed by atoms with Crippen molar-refractivity contribution in [1.29, 1.82) is 0 Å². The number of carbonyl (C=O) groups is 1. The zero-order chi connectivity index (χ0) is 11.5. The second-order valence-corrected chi connectivity index (χ2v) is 5.14. The maximum atomic E-state index is 11.2. The Balaban J connectivity index is 2.48. The van der Waals surface area contributed by atoms with Gasteiger partial charge in [0.2, 0.25) is 0 Å². The van der Waals surface area contributed by atoms with Crippen LogP contribution in [0.4, 0.5) is 0 Å². The molecular formula is C12H22O3. The zero-order valence-corrected chi connectivity index (χ0v) is 9.95. The number of carboxylic acids is 1. The highest BCUT2D eigenvalue weighted by molar-refractivity contribution is 5.76. The van der Waals surface area contributed by atoms with E-state index in [2.05, 4.69) is 13.8 Å². The van der Waals surface area contributed by atoms with Crippen LogP contribution in [0.25, 0.3) is 0 Å². The van der Waals surface area contributed by atoms with Crippen LogP contribution in [0.2, 0.25) is 0 Å². The van der Waals surface area contributed by atoms with E-state index in [4.69, 9.17) is 4.74 Å². The van der Waals surface area contributed by atoms with Crippen molar-refractivity contribution in [3.63, 3.8) is 0 Å². The number of hydrogen-bond acceptors (Lipinski definition) is 2. The molecule has 0 aromatic heterocycles. The van der Waals surface area contributed by atoms with E-state index in [0.29, 0.717) is 12.3 Å². The normalized spacial score (nSPS) is 21.1. The van der Waals surface area contributed by atoms with Gasteiger partial charge in [-0.1, -0.05) is 13.8 Å². The van der Waals surface area contributed by atoms with Gasteiger partial charge in [0.1, 0.15) is 0 Å². The number of rotatable bonds is 6. The summed E-state index contributed by atoms with van der Waals surface area (Å²) in [6, 6.07) is 0. The zero-order valence-electron chi connectivity index (χ0n) is 9.95. The van der Waals surface area contributed by atoms with Crippen LogP contribution in [0.1, 0.15) is 52.9 Å². The van der Waals surface area contributed by atoms with Crippen LogP contribution in [0.3, 0.4) is 0 Å². The Bertz CT molecular complexity index is 221. The van der Waals surface area contributed by atoms with Gasteiger partial charge in [0.25, 0.3) is 0 Å². The van der Waals surface area contributed by atoms with Gasteiger partial charge in [-0.05, 0) is 44.9 Å². The molecule has 1 unspecified atom stereocenters. The number of carboxylic acid groups (broad SMARTS) is 1. The molecule has 0 aliphatic heterocycles. The largest absolute Gasteiger partial charge is 0.479 e. The molecule has 0 aromatic rings. The molecule has 88 valence electrons. The molecule has 1 saturated carbocycles. The molecule has 3 nitrogen and oxygen atoms in total. The van der Waals surface area contributed by atoms with Crippen LogP contribution in [0.15, 0.2) is 0 Å². The summed E-state index contributed by atoms with van der Waals surface area (Å²) < 4.78 is 5.69. The Labute approximate surface area is 91.8 Å². The quantitative estimate of drug-likeness (QED) is 0.739. The first-order valence-electron chi connectivity index (χ1n) is 5.85. The third-order valence-electron chi connectivity index (χ3n) is 3.13. The van der Waals surface area contributed by atoms with Crippen molar-refractivity contribution in [3.8, 4) is 0 Å². The average molecular weight is 214 g/mol. The van der Waals surface area contributed by atoms with E-state index in [-0.39, 0.29) is 6.10 Å². The summed E-state index contributed by atoms with van der Waals surface area (Å²) in [7, 11) is 0. The molecule has 1 aliphatic rings. The SMILES string of the molecule is CC(C)CCC(C)(OC1CCC1)C(=O)O. The molecule has 0 amide bonds. The van der Waals surface area contributed by atoms with Gasteiger partial charge in [0.15, 0.2) is 5.60 Å². The monoisotopic (exact) mass is 214 g/mol. The lowest BCUT2D eigenvalue weighted by Gasteiger charge is -2.35. The molecule has 0 spiro atoms. The molecule has 0 aromatic carbocycles. The highest BCUT2D eigenvalue weighted by Crippen LogP contribution is 2.30. The second kappa shape index (κ2) is 4.97. The van der Waals surface area contributed by atoms with Crippen molar-refractivity contribution in [1.82, 2.24) is 0 Å². The van der Waals surface area contributed by atoms with Gasteiger partial charge in [-0.15, -0.1) is 0 Å². The first-order chi connectivity index (χ1) is 6.94. The van der Waals surface area contributed by atoms with Crippen LogP contribution in [-0.4, -0.2) is 22.8 Å². The number of ether oxygens (including phenoxy) is 1. The average Bonchev–Trinajstić information content (AvgIpc) is 2.08. The molecule has 3 heteroatoms. The highest BCUT2D eigenvalue weighted by Gasteiger charge is 2.38. The molecule has 0 radical (unpaired) electrons. The van der Waals surface area contributed by atoms with Crippen molar-refractivity contribution in [3.05, 3.63) is 0 Å². The summed E-state index contributed by atoms with van der Waals surface area (Å²) >= 11 is 0. The fraction of sp³-hybridized carbons (Fsp3) is 0.917. The van der Waals surface area contributed by atoms with Gasteiger partial charge < -0.3 is 9.84 Å². The van der Waals surface area contributed by atoms with Gasteiger partial charge in [-0.25, -0.2) is 4.79 Å². The predicted octanol–water partition coefficient (Wildman–Crippen LogP) is 2.84. The van der Waals surface area contributed by atoms with E-state index in [1.54, 1.807) is 6.92 Å². The molecule has 1 atom stereocenters. The van der Waals surface area contributed by atoms with E-state index in [9.17, 15) is 9.90 Å². The van der Waals surface area contributed by atoms with Crippen molar-refractivity contribution < 1.29 is 14.6 Å². The van der Waals surface area contributed by atoms with Crippen LogP contribution >= 0.6 is 0 Å². The molecule has 0 heterocycles. The molecule has 0 saturated heterocycles. The maximum Gasteiger partial charge on any atom is 0.335 e. The van der Waals surface area contributed by atoms with Crippen molar-refractivity contribution >= 4 is 5.97 Å². The van der Waals surface area contributed by atoms with Crippen LogP contribution < -0.4 is 0 Å². The Morgan fingerprint density at radius 2 is 2.13 bits per heavy atom. The minimum atomic E-state index is -0.977. The highest BCUT2D eigenvalue weighted by atomic mass is 16.5. The standard InChI is InChI=1S/C12H22O3/c1-9(2)7-8-12(3,11(13)14)15-10-5-4-6-10/h9-10H,4-8H2,1-3H3,(H,13,14). The summed E-state index contributed by atoms with van der Waals surface area (Å²) in [5.41, 5.74) is -0.977. The van der Waals surface area contributed by atoms with Crippen LogP contribution in [0, 0.1) is 5.92 Å². The third-order valence-corrected chi connectivity index (χ3v) is 3.13.